The highest BCUT2D eigenvalue weighted by molar-refractivity contribution is 6.00. The molecule has 0 fully saturated rings. The maximum Gasteiger partial charge on any atom is 0.352 e. The Kier molecular flexibility index (Phi) is 6.63. The number of nitrogens with one attached hydrogen (secondary N) is 1. The van der Waals surface area contributed by atoms with Crippen molar-refractivity contribution in [3.8, 4) is 17.1 Å². The number of carboxylic acids is 1. The molecule has 6 aromatic rings. The lowest BCUT2D eigenvalue weighted by Crippen LogP contribution is -2.38. The van der Waals surface area contributed by atoms with Crippen molar-refractivity contribution in [2.24, 2.45) is 0 Å². The molecule has 0 saturated heterocycles. The Labute approximate surface area is 238 Å². The van der Waals surface area contributed by atoms with E-state index in [2.05, 4.69) is 46.4 Å². The average molecular weight is 543 g/mol. The van der Waals surface area contributed by atoms with E-state index >= 15 is 0 Å². The van der Waals surface area contributed by atoms with Gasteiger partial charge in [0.15, 0.2) is 0 Å². The minimum Gasteiger partial charge on any atom is -0.480 e. The van der Waals surface area contributed by atoms with Crippen LogP contribution in [0.5, 0.6) is 5.88 Å². The van der Waals surface area contributed by atoms with Crippen LogP contribution in [0.25, 0.3) is 22.2 Å². The molecule has 7 heteroatoms. The van der Waals surface area contributed by atoms with Crippen LogP contribution in [0.4, 0.5) is 0 Å². The zero-order chi connectivity index (χ0) is 28.6. The second-order valence-electron chi connectivity index (χ2n) is 10.2. The van der Waals surface area contributed by atoms with Crippen molar-refractivity contribution in [3.05, 3.63) is 137 Å². The minimum absolute atomic E-state index is 0.0765. The van der Waals surface area contributed by atoms with Crippen LogP contribution in [0.1, 0.15) is 52.5 Å². The molecule has 0 saturated carbocycles. The Morgan fingerprint density at radius 3 is 1.88 bits per heavy atom. The fourth-order valence-corrected chi connectivity index (χ4v) is 5.95. The second-order valence-corrected chi connectivity index (χ2v) is 10.2. The van der Waals surface area contributed by atoms with Crippen molar-refractivity contribution in [3.63, 3.8) is 0 Å². The number of benzene rings is 3. The summed E-state index contributed by atoms with van der Waals surface area (Å²) in [4.78, 5) is 19.7. The Balaban J connectivity index is 1.81. The summed E-state index contributed by atoms with van der Waals surface area (Å²) in [5.41, 5.74) is 5.13. The molecule has 0 aliphatic carbocycles. The Morgan fingerprint density at radius 2 is 1.41 bits per heavy atom. The molecule has 41 heavy (non-hydrogen) atoms. The summed E-state index contributed by atoms with van der Waals surface area (Å²) in [6.45, 7) is 3.96. The van der Waals surface area contributed by atoms with Gasteiger partial charge in [-0.2, -0.15) is 5.10 Å². The first kappa shape index (κ1) is 26.1. The third kappa shape index (κ3) is 4.09. The van der Waals surface area contributed by atoms with Crippen molar-refractivity contribution < 1.29 is 14.6 Å². The van der Waals surface area contributed by atoms with Crippen LogP contribution in [0, 0.1) is 0 Å². The van der Waals surface area contributed by atoms with Crippen LogP contribution < -0.4 is 4.74 Å². The van der Waals surface area contributed by atoms with Crippen LogP contribution in [0.2, 0.25) is 0 Å². The number of H-pyrrole nitrogens is 1. The molecule has 0 unspecified atom stereocenters. The van der Waals surface area contributed by atoms with E-state index in [0.29, 0.717) is 28.1 Å². The third-order valence-electron chi connectivity index (χ3n) is 7.61. The van der Waals surface area contributed by atoms with E-state index in [9.17, 15) is 9.90 Å². The minimum atomic E-state index is -1.01. The largest absolute Gasteiger partial charge is 0.480 e. The number of carbonyl (C=O) groups is 1. The van der Waals surface area contributed by atoms with Gasteiger partial charge < -0.3 is 14.8 Å². The van der Waals surface area contributed by atoms with E-state index in [4.69, 9.17) is 9.84 Å². The topological polar surface area (TPSA) is 93.0 Å². The number of nitrogens with zero attached hydrogens (tertiary/aromatic N) is 3. The summed E-state index contributed by atoms with van der Waals surface area (Å²) in [6, 6.07) is 32.9. The number of aromatic carboxylic acids is 1. The lowest BCUT2D eigenvalue weighted by Gasteiger charge is -2.37. The number of ether oxygens (including phenoxy) is 1. The summed E-state index contributed by atoms with van der Waals surface area (Å²) in [5, 5.41) is 16.1. The SMILES string of the molecule is COc1nccc2c1c(-c1c[nH]c(C(=O)O)c1C(C)C)nn2C(c1ccccc1)(c1ccccc1)c1ccccc1. The molecule has 6 rings (SSSR count). The quantitative estimate of drug-likeness (QED) is 0.200. The van der Waals surface area contributed by atoms with Gasteiger partial charge in [-0.15, -0.1) is 0 Å². The predicted molar refractivity (Wildman–Crippen MR) is 160 cm³/mol. The normalized spacial score (nSPS) is 11.7. The van der Waals surface area contributed by atoms with Crippen molar-refractivity contribution in [2.75, 3.05) is 7.11 Å². The van der Waals surface area contributed by atoms with Crippen molar-refractivity contribution in [2.45, 2.75) is 25.3 Å². The maximum absolute atomic E-state index is 12.2. The number of aromatic nitrogens is 4. The molecule has 0 radical (unpaired) electrons. The molecule has 2 N–H and O–H groups in total. The van der Waals surface area contributed by atoms with Gasteiger partial charge in [-0.1, -0.05) is 105 Å². The van der Waals surface area contributed by atoms with Gasteiger partial charge in [-0.25, -0.2) is 14.5 Å². The van der Waals surface area contributed by atoms with Crippen molar-refractivity contribution in [1.29, 1.82) is 0 Å². The fraction of sp³-hybridized carbons (Fsp3) is 0.147. The van der Waals surface area contributed by atoms with Gasteiger partial charge >= 0.3 is 5.97 Å². The number of methoxy groups -OCH3 is 1. The van der Waals surface area contributed by atoms with Gasteiger partial charge in [-0.05, 0) is 34.2 Å². The number of rotatable bonds is 8. The zero-order valence-electron chi connectivity index (χ0n) is 23.1. The first-order valence-corrected chi connectivity index (χ1v) is 13.5. The smallest absolute Gasteiger partial charge is 0.352 e. The van der Waals surface area contributed by atoms with Gasteiger partial charge in [0, 0.05) is 18.0 Å². The molecule has 7 nitrogen and oxygen atoms in total. The first-order valence-electron chi connectivity index (χ1n) is 13.5. The van der Waals surface area contributed by atoms with Crippen LogP contribution in [-0.2, 0) is 5.54 Å². The molecule has 204 valence electrons. The summed E-state index contributed by atoms with van der Waals surface area (Å²) in [5.74, 6) is -0.673. The number of hydrogen-bond donors (Lipinski definition) is 2. The molecule has 3 aromatic heterocycles. The van der Waals surface area contributed by atoms with Crippen LogP contribution in [0.15, 0.2) is 109 Å². The Hall–Kier alpha value is -5.17. The molecule has 3 heterocycles. The van der Waals surface area contributed by atoms with Crippen LogP contribution in [-0.4, -0.2) is 37.9 Å². The van der Waals surface area contributed by atoms with E-state index in [1.165, 1.54) is 0 Å². The molecular formula is C34H30N4O3. The van der Waals surface area contributed by atoms with E-state index in [1.54, 1.807) is 19.5 Å². The third-order valence-corrected chi connectivity index (χ3v) is 7.61. The molecule has 0 bridgehead atoms. The zero-order valence-corrected chi connectivity index (χ0v) is 23.1. The summed E-state index contributed by atoms with van der Waals surface area (Å²) < 4.78 is 7.84. The lowest BCUT2D eigenvalue weighted by atomic mass is 9.77. The molecule has 0 aliphatic rings. The molecule has 0 amide bonds. The first-order chi connectivity index (χ1) is 20.0. The molecular weight excluding hydrogens is 512 g/mol. The van der Waals surface area contributed by atoms with Gasteiger partial charge in [0.25, 0.3) is 0 Å². The second kappa shape index (κ2) is 10.4. The van der Waals surface area contributed by atoms with Crippen LogP contribution in [0.3, 0.4) is 0 Å². The number of aromatic amines is 1. The lowest BCUT2D eigenvalue weighted by molar-refractivity contribution is 0.0689. The molecule has 3 aromatic carbocycles. The summed E-state index contributed by atoms with van der Waals surface area (Å²) >= 11 is 0. The highest BCUT2D eigenvalue weighted by atomic mass is 16.5. The van der Waals surface area contributed by atoms with Crippen molar-refractivity contribution >= 4 is 16.9 Å². The highest BCUT2D eigenvalue weighted by Crippen LogP contribution is 2.46. The van der Waals surface area contributed by atoms with Gasteiger partial charge in [0.05, 0.1) is 18.0 Å². The highest BCUT2D eigenvalue weighted by Gasteiger charge is 2.41. The number of hydrogen-bond acceptors (Lipinski definition) is 4. The van der Waals surface area contributed by atoms with Gasteiger partial charge in [-0.3, -0.25) is 0 Å². The van der Waals surface area contributed by atoms with Gasteiger partial charge in [0.2, 0.25) is 5.88 Å². The summed E-state index contributed by atoms with van der Waals surface area (Å²) in [6.07, 6.45) is 3.45. The summed E-state index contributed by atoms with van der Waals surface area (Å²) in [7, 11) is 1.59. The molecule has 0 aliphatic heterocycles. The number of carboxylic acid groups (broad SMARTS) is 1. The monoisotopic (exact) mass is 542 g/mol. The fourth-order valence-electron chi connectivity index (χ4n) is 5.95. The van der Waals surface area contributed by atoms with E-state index in [0.717, 1.165) is 22.2 Å². The van der Waals surface area contributed by atoms with Crippen molar-refractivity contribution in [1.82, 2.24) is 19.7 Å². The van der Waals surface area contributed by atoms with E-state index < -0.39 is 11.5 Å². The van der Waals surface area contributed by atoms with Gasteiger partial charge in [0.1, 0.15) is 16.9 Å². The van der Waals surface area contributed by atoms with E-state index in [1.807, 2.05) is 79.2 Å². The maximum atomic E-state index is 12.2. The molecule has 0 atom stereocenters. The Bertz CT molecular complexity index is 1730. The standard InChI is InChI=1S/C34H30N4O3/c1-22(2)28-26(21-36-31(28)33(39)40)30-29-27(19-20-35-32(29)41-3)38(37-30)34(23-13-7-4-8-14-23,24-15-9-5-10-16-24)25-17-11-6-12-18-25/h4-22,36H,1-3H3,(H,39,40). The average Bonchev–Trinajstić information content (AvgIpc) is 3.62. The van der Waals surface area contributed by atoms with Crippen LogP contribution >= 0.6 is 0 Å². The Morgan fingerprint density at radius 1 is 0.878 bits per heavy atom. The number of pyridine rings is 1. The predicted octanol–water partition coefficient (Wildman–Crippen LogP) is 7.10. The van der Waals surface area contributed by atoms with E-state index in [-0.39, 0.29) is 11.6 Å². The molecule has 0 spiro atoms. The number of fused-ring (bicyclic) bond motifs is 1.